The molecule has 5 rings (SSSR count). The number of halogens is 1. The maximum atomic E-state index is 13.3. The molecular formula is C35H49FN2O2. The first-order chi connectivity index (χ1) is 19.1. The Morgan fingerprint density at radius 1 is 1.02 bits per heavy atom. The maximum Gasteiger partial charge on any atom is 0.320 e. The van der Waals surface area contributed by atoms with E-state index in [1.165, 1.54) is 55.2 Å². The monoisotopic (exact) mass is 548 g/mol. The molecule has 4 nitrogen and oxygen atoms in total. The maximum absolute atomic E-state index is 13.3. The van der Waals surface area contributed by atoms with Gasteiger partial charge in [0.05, 0.1) is 0 Å². The van der Waals surface area contributed by atoms with E-state index in [0.29, 0.717) is 17.8 Å². The van der Waals surface area contributed by atoms with Crippen LogP contribution in [-0.2, 0) is 11.2 Å². The highest BCUT2D eigenvalue weighted by Crippen LogP contribution is 2.39. The van der Waals surface area contributed by atoms with Crippen molar-refractivity contribution in [3.05, 3.63) is 71.0 Å². The third kappa shape index (κ3) is 7.53. The van der Waals surface area contributed by atoms with Gasteiger partial charge in [0.15, 0.2) is 0 Å². The van der Waals surface area contributed by atoms with Crippen LogP contribution in [0.4, 0.5) is 4.39 Å². The van der Waals surface area contributed by atoms with Gasteiger partial charge < -0.3 is 10.0 Å². The van der Waals surface area contributed by atoms with Crippen LogP contribution in [0.25, 0.3) is 0 Å². The third-order valence-electron chi connectivity index (χ3n) is 10.1. The van der Waals surface area contributed by atoms with Gasteiger partial charge in [0, 0.05) is 25.6 Å². The first-order valence-corrected chi connectivity index (χ1v) is 15.7. The minimum absolute atomic E-state index is 0.166. The zero-order valence-electron chi connectivity index (χ0n) is 24.8. The predicted octanol–water partition coefficient (Wildman–Crippen LogP) is 7.16. The van der Waals surface area contributed by atoms with E-state index in [2.05, 4.69) is 54.8 Å². The summed E-state index contributed by atoms with van der Waals surface area (Å²) in [4.78, 5) is 17.3. The molecule has 1 saturated carbocycles. The van der Waals surface area contributed by atoms with Crippen LogP contribution in [0.15, 0.2) is 48.5 Å². The summed E-state index contributed by atoms with van der Waals surface area (Å²) in [6.07, 6.45) is 9.07. The van der Waals surface area contributed by atoms with Gasteiger partial charge in [-0.25, -0.2) is 4.39 Å². The molecule has 2 aliphatic heterocycles. The van der Waals surface area contributed by atoms with Crippen molar-refractivity contribution < 1.29 is 14.3 Å². The lowest BCUT2D eigenvalue weighted by Gasteiger charge is -2.38. The summed E-state index contributed by atoms with van der Waals surface area (Å²) in [5.74, 6) is 1.34. The summed E-state index contributed by atoms with van der Waals surface area (Å²) in [5.41, 5.74) is 4.06. The summed E-state index contributed by atoms with van der Waals surface area (Å²) in [6, 6.07) is 15.5. The number of aliphatic carboxylic acids is 1. The Kier molecular flexibility index (Phi) is 9.31. The molecule has 40 heavy (non-hydrogen) atoms. The molecule has 3 fully saturated rings. The van der Waals surface area contributed by atoms with Crippen molar-refractivity contribution in [3.63, 3.8) is 0 Å². The van der Waals surface area contributed by atoms with Gasteiger partial charge in [0.2, 0.25) is 0 Å². The zero-order valence-corrected chi connectivity index (χ0v) is 24.8. The Bertz CT molecular complexity index is 1120. The van der Waals surface area contributed by atoms with Gasteiger partial charge in [-0.2, -0.15) is 0 Å². The number of aryl methyl sites for hydroxylation is 1. The second kappa shape index (κ2) is 12.7. The van der Waals surface area contributed by atoms with Crippen molar-refractivity contribution in [1.82, 2.24) is 9.80 Å². The average Bonchev–Trinajstić information content (AvgIpc) is 3.28. The van der Waals surface area contributed by atoms with Crippen LogP contribution in [0.5, 0.6) is 0 Å². The Morgan fingerprint density at radius 2 is 1.75 bits per heavy atom. The van der Waals surface area contributed by atoms with Crippen LogP contribution in [0, 0.1) is 35.9 Å². The van der Waals surface area contributed by atoms with Gasteiger partial charge in [-0.1, -0.05) is 75.1 Å². The zero-order chi connectivity index (χ0) is 28.3. The van der Waals surface area contributed by atoms with Crippen LogP contribution < -0.4 is 0 Å². The fraction of sp³-hybridized carbons (Fsp3) is 0.629. The summed E-state index contributed by atoms with van der Waals surface area (Å²) in [6.45, 7) is 11.9. The topological polar surface area (TPSA) is 43.8 Å². The fourth-order valence-electron chi connectivity index (χ4n) is 7.79. The van der Waals surface area contributed by atoms with Crippen LogP contribution in [0.2, 0.25) is 0 Å². The molecule has 2 saturated heterocycles. The van der Waals surface area contributed by atoms with E-state index in [1.807, 2.05) is 12.1 Å². The Morgan fingerprint density at radius 3 is 2.38 bits per heavy atom. The molecule has 2 heterocycles. The molecule has 3 unspecified atom stereocenters. The molecule has 1 aliphatic carbocycles. The summed E-state index contributed by atoms with van der Waals surface area (Å²) in [7, 11) is 0. The summed E-state index contributed by atoms with van der Waals surface area (Å²) in [5, 5.41) is 10.2. The molecule has 5 heteroatoms. The Labute approximate surface area is 241 Å². The number of hydrogen-bond acceptors (Lipinski definition) is 3. The number of piperidine rings is 1. The molecule has 0 aromatic heterocycles. The van der Waals surface area contributed by atoms with Crippen molar-refractivity contribution >= 4 is 5.97 Å². The molecule has 0 amide bonds. The molecule has 1 N–H and O–H groups in total. The fourth-order valence-corrected chi connectivity index (χ4v) is 7.79. The first-order valence-electron chi connectivity index (χ1n) is 15.7. The Balaban J connectivity index is 1.19. The van der Waals surface area contributed by atoms with Crippen molar-refractivity contribution in [1.29, 1.82) is 0 Å². The highest BCUT2D eigenvalue weighted by Gasteiger charge is 2.41. The molecule has 3 aliphatic rings. The highest BCUT2D eigenvalue weighted by atomic mass is 19.1. The number of carboxylic acids is 1. The molecule has 0 radical (unpaired) electrons. The lowest BCUT2D eigenvalue weighted by Crippen LogP contribution is -2.43. The van der Waals surface area contributed by atoms with Gasteiger partial charge in [-0.3, -0.25) is 9.69 Å². The van der Waals surface area contributed by atoms with Gasteiger partial charge in [-0.05, 0) is 98.5 Å². The molecular weight excluding hydrogens is 499 g/mol. The van der Waals surface area contributed by atoms with E-state index in [0.717, 1.165) is 51.5 Å². The van der Waals surface area contributed by atoms with E-state index in [9.17, 15) is 14.3 Å². The normalized spacial score (nSPS) is 24.2. The SMILES string of the molecule is Cc1cccc(C2CN(C(CC3CCC3)C(=O)O)CC2CN2CCC(CC(C)(C)Cc3ccc(F)cc3)CC2)c1. The van der Waals surface area contributed by atoms with Crippen LogP contribution in [0.3, 0.4) is 0 Å². The number of carbonyl (C=O) groups is 1. The molecule has 3 atom stereocenters. The van der Waals surface area contributed by atoms with Gasteiger partial charge >= 0.3 is 5.97 Å². The van der Waals surface area contributed by atoms with E-state index in [4.69, 9.17) is 0 Å². The highest BCUT2D eigenvalue weighted by molar-refractivity contribution is 5.73. The van der Waals surface area contributed by atoms with Crippen molar-refractivity contribution in [2.45, 2.75) is 84.1 Å². The number of nitrogens with zero attached hydrogens (tertiary/aromatic N) is 2. The van der Waals surface area contributed by atoms with Gasteiger partial charge in [0.1, 0.15) is 11.9 Å². The second-order valence-electron chi connectivity index (χ2n) is 14.0. The summed E-state index contributed by atoms with van der Waals surface area (Å²) < 4.78 is 13.3. The van der Waals surface area contributed by atoms with Gasteiger partial charge in [-0.15, -0.1) is 0 Å². The largest absolute Gasteiger partial charge is 0.480 e. The van der Waals surface area contributed by atoms with Crippen molar-refractivity contribution in [2.75, 3.05) is 32.7 Å². The number of carboxylic acid groups (broad SMARTS) is 1. The molecule has 2 aromatic carbocycles. The molecule has 0 bridgehead atoms. The van der Waals surface area contributed by atoms with Gasteiger partial charge in [0.25, 0.3) is 0 Å². The third-order valence-corrected chi connectivity index (χ3v) is 10.1. The van der Waals surface area contributed by atoms with Crippen molar-refractivity contribution in [2.24, 2.45) is 23.2 Å². The first kappa shape index (κ1) is 29.3. The minimum atomic E-state index is -0.639. The van der Waals surface area contributed by atoms with Crippen molar-refractivity contribution in [3.8, 4) is 0 Å². The lowest BCUT2D eigenvalue weighted by atomic mass is 9.75. The number of likely N-dealkylation sites (tertiary alicyclic amines) is 2. The second-order valence-corrected chi connectivity index (χ2v) is 14.0. The minimum Gasteiger partial charge on any atom is -0.480 e. The number of hydrogen-bond donors (Lipinski definition) is 1. The van der Waals surface area contributed by atoms with Crippen LogP contribution >= 0.6 is 0 Å². The van der Waals surface area contributed by atoms with E-state index in [1.54, 1.807) is 12.1 Å². The lowest BCUT2D eigenvalue weighted by molar-refractivity contribution is -0.144. The van der Waals surface area contributed by atoms with Crippen LogP contribution in [0.1, 0.15) is 81.4 Å². The molecule has 0 spiro atoms. The predicted molar refractivity (Wildman–Crippen MR) is 160 cm³/mol. The standard InChI is InChI=1S/C35H49FN2O2/c1-25-6-4-9-29(18-25)32-24-38(33(34(39)40)19-26-7-5-8-26)23-30(32)22-37-16-14-28(15-17-37)21-35(2,3)20-27-10-12-31(36)13-11-27/h4,6,9-13,18,26,28,30,32-33H,5,7-8,14-17,19-24H2,1-3H3,(H,39,40). The van der Waals surface area contributed by atoms with E-state index in [-0.39, 0.29) is 17.3 Å². The number of benzene rings is 2. The summed E-state index contributed by atoms with van der Waals surface area (Å²) >= 11 is 0. The average molecular weight is 549 g/mol. The number of rotatable bonds is 11. The quantitative estimate of drug-likeness (QED) is 0.323. The Hall–Kier alpha value is -2.24. The smallest absolute Gasteiger partial charge is 0.320 e. The van der Waals surface area contributed by atoms with Crippen LogP contribution in [-0.4, -0.2) is 59.6 Å². The van der Waals surface area contributed by atoms with E-state index < -0.39 is 5.97 Å². The molecule has 2 aromatic rings. The molecule has 218 valence electrons. The van der Waals surface area contributed by atoms with E-state index >= 15 is 0 Å².